The SMILES string of the molecule is CC(C)NCC(C)S(=O)(=O)NC1C2C3CCC(C3)C12. The Hall–Kier alpha value is -0.130. The second-order valence-electron chi connectivity index (χ2n) is 7.05. The molecule has 0 radical (unpaired) electrons. The van der Waals surface area contributed by atoms with E-state index in [1.807, 2.05) is 13.8 Å². The molecule has 0 aromatic rings. The molecule has 0 saturated heterocycles. The first-order valence-electron chi connectivity index (χ1n) is 7.64. The average Bonchev–Trinajstić information content (AvgIpc) is 2.74. The fourth-order valence-corrected chi connectivity index (χ4v) is 5.54. The number of nitrogens with one attached hydrogen (secondary N) is 2. The number of fused-ring (bicyclic) bond motifs is 5. The molecule has 110 valence electrons. The van der Waals surface area contributed by atoms with Crippen molar-refractivity contribution in [2.24, 2.45) is 23.7 Å². The van der Waals surface area contributed by atoms with Crippen molar-refractivity contribution in [1.82, 2.24) is 10.0 Å². The summed E-state index contributed by atoms with van der Waals surface area (Å²) < 4.78 is 27.6. The minimum absolute atomic E-state index is 0.262. The third-order valence-corrected chi connectivity index (χ3v) is 7.21. The Labute approximate surface area is 116 Å². The lowest BCUT2D eigenvalue weighted by Gasteiger charge is -2.18. The Bertz CT molecular complexity index is 432. The molecule has 5 heteroatoms. The molecule has 0 aromatic carbocycles. The first-order chi connectivity index (χ1) is 8.90. The first kappa shape index (κ1) is 13.8. The molecule has 5 unspecified atom stereocenters. The zero-order chi connectivity index (χ0) is 13.8. The van der Waals surface area contributed by atoms with Gasteiger partial charge in [-0.05, 0) is 49.9 Å². The smallest absolute Gasteiger partial charge is 0.215 e. The van der Waals surface area contributed by atoms with E-state index >= 15 is 0 Å². The molecule has 0 heterocycles. The number of rotatable bonds is 6. The molecule has 2 N–H and O–H groups in total. The number of hydrogen-bond donors (Lipinski definition) is 2. The molecule has 3 aliphatic carbocycles. The van der Waals surface area contributed by atoms with Crippen molar-refractivity contribution in [2.75, 3.05) is 6.54 Å². The molecular formula is C14H26N2O2S. The van der Waals surface area contributed by atoms with E-state index in [9.17, 15) is 8.42 Å². The van der Waals surface area contributed by atoms with Gasteiger partial charge in [-0.2, -0.15) is 0 Å². The summed E-state index contributed by atoms with van der Waals surface area (Å²) in [4.78, 5) is 0. The summed E-state index contributed by atoms with van der Waals surface area (Å²) in [6.45, 7) is 6.40. The van der Waals surface area contributed by atoms with E-state index in [1.54, 1.807) is 6.92 Å². The molecule has 19 heavy (non-hydrogen) atoms. The Balaban J connectivity index is 1.55. The van der Waals surface area contributed by atoms with Crippen molar-refractivity contribution < 1.29 is 8.42 Å². The van der Waals surface area contributed by atoms with E-state index in [-0.39, 0.29) is 11.3 Å². The van der Waals surface area contributed by atoms with E-state index < -0.39 is 10.0 Å². The third-order valence-electron chi connectivity index (χ3n) is 5.38. The van der Waals surface area contributed by atoms with E-state index in [1.165, 1.54) is 19.3 Å². The highest BCUT2D eigenvalue weighted by atomic mass is 32.2. The molecule has 3 rings (SSSR count). The molecule has 2 bridgehead atoms. The lowest BCUT2D eigenvalue weighted by atomic mass is 10.0. The van der Waals surface area contributed by atoms with Crippen LogP contribution in [-0.4, -0.2) is 32.3 Å². The topological polar surface area (TPSA) is 58.2 Å². The van der Waals surface area contributed by atoms with Crippen molar-refractivity contribution in [3.63, 3.8) is 0 Å². The average molecular weight is 286 g/mol. The van der Waals surface area contributed by atoms with Crippen LogP contribution in [0.4, 0.5) is 0 Å². The summed E-state index contributed by atoms with van der Waals surface area (Å²) in [6, 6.07) is 0.589. The van der Waals surface area contributed by atoms with Gasteiger partial charge in [0.2, 0.25) is 10.0 Å². The highest BCUT2D eigenvalue weighted by Gasteiger charge is 2.65. The van der Waals surface area contributed by atoms with Crippen LogP contribution in [-0.2, 0) is 10.0 Å². The quantitative estimate of drug-likeness (QED) is 0.774. The molecule has 0 aromatic heterocycles. The molecule has 4 nitrogen and oxygen atoms in total. The molecule has 0 amide bonds. The Morgan fingerprint density at radius 1 is 1.11 bits per heavy atom. The third kappa shape index (κ3) is 2.45. The van der Waals surface area contributed by atoms with Gasteiger partial charge >= 0.3 is 0 Å². The fourth-order valence-electron chi connectivity index (χ4n) is 4.30. The summed E-state index contributed by atoms with van der Waals surface area (Å²) in [7, 11) is -3.17. The maximum atomic E-state index is 12.3. The Kier molecular flexibility index (Phi) is 3.43. The van der Waals surface area contributed by atoms with Gasteiger partial charge in [0.15, 0.2) is 0 Å². The summed E-state index contributed by atoms with van der Waals surface area (Å²) in [5, 5.41) is 2.85. The lowest BCUT2D eigenvalue weighted by Crippen LogP contribution is -2.42. The minimum atomic E-state index is -3.17. The summed E-state index contributed by atoms with van der Waals surface area (Å²) in [5.74, 6) is 2.95. The predicted molar refractivity (Wildman–Crippen MR) is 76.3 cm³/mol. The minimum Gasteiger partial charge on any atom is -0.313 e. The van der Waals surface area contributed by atoms with Crippen LogP contribution in [0.15, 0.2) is 0 Å². The zero-order valence-electron chi connectivity index (χ0n) is 12.1. The van der Waals surface area contributed by atoms with Crippen LogP contribution in [0, 0.1) is 23.7 Å². The maximum absolute atomic E-state index is 12.3. The van der Waals surface area contributed by atoms with Crippen molar-refractivity contribution >= 4 is 10.0 Å². The van der Waals surface area contributed by atoms with Crippen LogP contribution >= 0.6 is 0 Å². The molecule has 3 saturated carbocycles. The number of sulfonamides is 1. The first-order valence-corrected chi connectivity index (χ1v) is 9.19. The molecule has 0 aliphatic heterocycles. The van der Waals surface area contributed by atoms with Crippen LogP contribution < -0.4 is 10.0 Å². The van der Waals surface area contributed by atoms with Crippen molar-refractivity contribution in [3.05, 3.63) is 0 Å². The van der Waals surface area contributed by atoms with Crippen LogP contribution in [0.3, 0.4) is 0 Å². The van der Waals surface area contributed by atoms with Gasteiger partial charge in [-0.25, -0.2) is 13.1 Å². The standard InChI is InChI=1S/C14H26N2O2S/c1-8(2)15-7-9(3)19(17,18)16-14-12-10-4-5-11(6-10)13(12)14/h8-16H,4-7H2,1-3H3. The Morgan fingerprint density at radius 2 is 1.68 bits per heavy atom. The van der Waals surface area contributed by atoms with Crippen LogP contribution in [0.1, 0.15) is 40.0 Å². The molecule has 5 atom stereocenters. The zero-order valence-corrected chi connectivity index (χ0v) is 12.9. The van der Waals surface area contributed by atoms with Crippen molar-refractivity contribution in [1.29, 1.82) is 0 Å². The number of hydrogen-bond acceptors (Lipinski definition) is 3. The van der Waals surface area contributed by atoms with Crippen molar-refractivity contribution in [3.8, 4) is 0 Å². The largest absolute Gasteiger partial charge is 0.313 e. The van der Waals surface area contributed by atoms with E-state index in [0.717, 1.165) is 11.8 Å². The fraction of sp³-hybridized carbons (Fsp3) is 1.00. The molecule has 3 fully saturated rings. The summed E-state index contributed by atoms with van der Waals surface area (Å²) >= 11 is 0. The van der Waals surface area contributed by atoms with E-state index in [4.69, 9.17) is 0 Å². The monoisotopic (exact) mass is 286 g/mol. The van der Waals surface area contributed by atoms with Gasteiger partial charge in [-0.15, -0.1) is 0 Å². The summed E-state index contributed by atoms with van der Waals surface area (Å²) in [6.07, 6.45) is 4.01. The predicted octanol–water partition coefficient (Wildman–Crippen LogP) is 1.34. The second kappa shape index (κ2) is 4.71. The molecule has 0 spiro atoms. The highest BCUT2D eigenvalue weighted by molar-refractivity contribution is 7.90. The van der Waals surface area contributed by atoms with E-state index in [0.29, 0.717) is 24.4 Å². The van der Waals surface area contributed by atoms with Gasteiger partial charge in [0.25, 0.3) is 0 Å². The van der Waals surface area contributed by atoms with Gasteiger partial charge in [-0.3, -0.25) is 0 Å². The second-order valence-corrected chi connectivity index (χ2v) is 9.18. The molecular weight excluding hydrogens is 260 g/mol. The maximum Gasteiger partial charge on any atom is 0.215 e. The van der Waals surface area contributed by atoms with E-state index in [2.05, 4.69) is 10.0 Å². The van der Waals surface area contributed by atoms with Crippen LogP contribution in [0.2, 0.25) is 0 Å². The lowest BCUT2D eigenvalue weighted by molar-refractivity contribution is 0.456. The van der Waals surface area contributed by atoms with Gasteiger partial charge < -0.3 is 5.32 Å². The highest BCUT2D eigenvalue weighted by Crippen LogP contribution is 2.65. The van der Waals surface area contributed by atoms with Gasteiger partial charge in [0, 0.05) is 18.6 Å². The Morgan fingerprint density at radius 3 is 2.21 bits per heavy atom. The normalized spacial score (nSPS) is 41.6. The van der Waals surface area contributed by atoms with Crippen molar-refractivity contribution in [2.45, 2.75) is 57.4 Å². The summed E-state index contributed by atoms with van der Waals surface area (Å²) in [5.41, 5.74) is 0. The van der Waals surface area contributed by atoms with Gasteiger partial charge in [0.05, 0.1) is 5.25 Å². The van der Waals surface area contributed by atoms with Gasteiger partial charge in [-0.1, -0.05) is 13.8 Å². The van der Waals surface area contributed by atoms with Crippen LogP contribution in [0.25, 0.3) is 0 Å². The van der Waals surface area contributed by atoms with Crippen LogP contribution in [0.5, 0.6) is 0 Å². The van der Waals surface area contributed by atoms with Gasteiger partial charge in [0.1, 0.15) is 0 Å². The molecule has 3 aliphatic rings.